The predicted molar refractivity (Wildman–Crippen MR) is 84.1 cm³/mol. The van der Waals surface area contributed by atoms with Crippen molar-refractivity contribution in [1.29, 1.82) is 0 Å². The third kappa shape index (κ3) is 3.07. The first-order valence-electron chi connectivity index (χ1n) is 7.50. The molecule has 0 amide bonds. The minimum atomic E-state index is -3.44. The number of para-hydroxylation sites is 1. The molecule has 3 rings (SSSR count). The van der Waals surface area contributed by atoms with Crippen LogP contribution in [0, 0.1) is 0 Å². The van der Waals surface area contributed by atoms with Gasteiger partial charge in [0.15, 0.2) is 0 Å². The van der Waals surface area contributed by atoms with Crippen LogP contribution in [0.5, 0.6) is 0 Å². The van der Waals surface area contributed by atoms with Gasteiger partial charge in [0.25, 0.3) is 0 Å². The molecule has 1 saturated carbocycles. The van der Waals surface area contributed by atoms with Crippen LogP contribution < -0.4 is 14.9 Å². The van der Waals surface area contributed by atoms with Gasteiger partial charge in [-0.1, -0.05) is 12.1 Å². The van der Waals surface area contributed by atoms with Crippen molar-refractivity contribution in [1.82, 2.24) is 10.0 Å². The number of sulfonamides is 1. The summed E-state index contributed by atoms with van der Waals surface area (Å²) in [4.78, 5) is 2.59. The number of piperazine rings is 1. The number of nitrogens with zero attached hydrogens (tertiary/aromatic N) is 1. The van der Waals surface area contributed by atoms with E-state index in [9.17, 15) is 8.42 Å². The average Bonchev–Trinajstić information content (AvgIpc) is 3.21. The molecule has 2 N–H and O–H groups in total. The minimum absolute atomic E-state index is 0.108. The van der Waals surface area contributed by atoms with Crippen LogP contribution in [0.3, 0.4) is 0 Å². The molecular formula is C15H23N3O2S. The molecule has 1 heterocycles. The minimum Gasteiger partial charge on any atom is -0.363 e. The first-order valence-corrected chi connectivity index (χ1v) is 8.98. The third-order valence-electron chi connectivity index (χ3n) is 4.15. The molecule has 0 bridgehead atoms. The third-order valence-corrected chi connectivity index (χ3v) is 5.71. The summed E-state index contributed by atoms with van der Waals surface area (Å²) >= 11 is 0. The van der Waals surface area contributed by atoms with E-state index < -0.39 is 10.0 Å². The lowest BCUT2D eigenvalue weighted by atomic mass is 9.99. The van der Waals surface area contributed by atoms with Gasteiger partial charge in [-0.3, -0.25) is 0 Å². The Hall–Kier alpha value is -1.11. The molecule has 2 aliphatic rings. The second-order valence-electron chi connectivity index (χ2n) is 6.50. The zero-order chi connectivity index (χ0) is 15.1. The summed E-state index contributed by atoms with van der Waals surface area (Å²) in [6, 6.07) is 7.44. The van der Waals surface area contributed by atoms with Gasteiger partial charge in [-0.15, -0.1) is 0 Å². The molecule has 0 aromatic heterocycles. The van der Waals surface area contributed by atoms with Crippen molar-refractivity contribution < 1.29 is 8.42 Å². The lowest BCUT2D eigenvalue weighted by molar-refractivity contribution is 0.378. The van der Waals surface area contributed by atoms with Crippen molar-refractivity contribution in [3.05, 3.63) is 24.3 Å². The zero-order valence-electron chi connectivity index (χ0n) is 12.6. The number of anilines is 1. The van der Waals surface area contributed by atoms with E-state index in [1.54, 1.807) is 12.1 Å². The Balaban J connectivity index is 1.99. The molecule has 21 heavy (non-hydrogen) atoms. The lowest BCUT2D eigenvalue weighted by Gasteiger charge is -2.45. The zero-order valence-corrected chi connectivity index (χ0v) is 13.4. The summed E-state index contributed by atoms with van der Waals surface area (Å²) in [5.74, 6) is 0. The summed E-state index contributed by atoms with van der Waals surface area (Å²) in [7, 11) is -3.44. The topological polar surface area (TPSA) is 61.4 Å². The van der Waals surface area contributed by atoms with Gasteiger partial charge in [-0.2, -0.15) is 0 Å². The van der Waals surface area contributed by atoms with Gasteiger partial charge in [-0.25, -0.2) is 13.1 Å². The van der Waals surface area contributed by atoms with Gasteiger partial charge in [0.1, 0.15) is 4.90 Å². The van der Waals surface area contributed by atoms with Crippen molar-refractivity contribution in [2.75, 3.05) is 24.5 Å². The monoisotopic (exact) mass is 309 g/mol. The van der Waals surface area contributed by atoms with Crippen LogP contribution in [-0.2, 0) is 10.0 Å². The SMILES string of the molecule is CC1(C)CNCCN1c1ccccc1S(=O)(=O)NC1CC1. The van der Waals surface area contributed by atoms with Gasteiger partial charge >= 0.3 is 0 Å². The van der Waals surface area contributed by atoms with Crippen LogP contribution >= 0.6 is 0 Å². The van der Waals surface area contributed by atoms with Crippen LogP contribution in [-0.4, -0.2) is 39.6 Å². The fourth-order valence-electron chi connectivity index (χ4n) is 2.82. The van der Waals surface area contributed by atoms with Crippen LogP contribution in [0.2, 0.25) is 0 Å². The molecule has 0 atom stereocenters. The van der Waals surface area contributed by atoms with Gasteiger partial charge in [0, 0.05) is 31.2 Å². The van der Waals surface area contributed by atoms with Crippen molar-refractivity contribution >= 4 is 15.7 Å². The van der Waals surface area contributed by atoms with Gasteiger partial charge in [0.05, 0.1) is 5.69 Å². The molecule has 0 unspecified atom stereocenters. The number of rotatable bonds is 4. The van der Waals surface area contributed by atoms with E-state index >= 15 is 0 Å². The Bertz CT molecular complexity index is 624. The molecule has 1 aromatic rings. The van der Waals surface area contributed by atoms with E-state index in [1.165, 1.54) is 0 Å². The normalized spacial score (nSPS) is 22.3. The lowest BCUT2D eigenvalue weighted by Crippen LogP contribution is -2.58. The van der Waals surface area contributed by atoms with E-state index in [0.29, 0.717) is 4.90 Å². The summed E-state index contributed by atoms with van der Waals surface area (Å²) in [6.07, 6.45) is 1.89. The highest BCUT2D eigenvalue weighted by molar-refractivity contribution is 7.89. The summed E-state index contributed by atoms with van der Waals surface area (Å²) in [5, 5.41) is 3.37. The molecule has 116 valence electrons. The maximum atomic E-state index is 12.6. The highest BCUT2D eigenvalue weighted by Gasteiger charge is 2.35. The fraction of sp³-hybridized carbons (Fsp3) is 0.600. The Labute approximate surface area is 126 Å². The standard InChI is InChI=1S/C15H23N3O2S/c1-15(2)11-16-9-10-18(15)13-5-3-4-6-14(13)21(19,20)17-12-7-8-12/h3-6,12,16-17H,7-11H2,1-2H3. The summed E-state index contributed by atoms with van der Waals surface area (Å²) in [6.45, 7) is 6.79. The van der Waals surface area contributed by atoms with E-state index in [4.69, 9.17) is 0 Å². The molecule has 1 aliphatic carbocycles. The Morgan fingerprint density at radius 2 is 2.00 bits per heavy atom. The highest BCUT2D eigenvalue weighted by atomic mass is 32.2. The van der Waals surface area contributed by atoms with Crippen molar-refractivity contribution in [2.45, 2.75) is 43.2 Å². The quantitative estimate of drug-likeness (QED) is 0.880. The predicted octanol–water partition coefficient (Wildman–Crippen LogP) is 1.32. The second kappa shape index (κ2) is 5.26. The van der Waals surface area contributed by atoms with Crippen molar-refractivity contribution in [3.8, 4) is 0 Å². The van der Waals surface area contributed by atoms with Crippen LogP contribution in [0.15, 0.2) is 29.2 Å². The van der Waals surface area contributed by atoms with Gasteiger partial charge < -0.3 is 10.2 Å². The molecule has 0 spiro atoms. The first-order chi connectivity index (χ1) is 9.90. The molecule has 5 nitrogen and oxygen atoms in total. The molecule has 1 aromatic carbocycles. The summed E-state index contributed by atoms with van der Waals surface area (Å²) in [5.41, 5.74) is 0.695. The fourth-order valence-corrected chi connectivity index (χ4v) is 4.33. The van der Waals surface area contributed by atoms with Crippen LogP contribution in [0.25, 0.3) is 0 Å². The highest BCUT2D eigenvalue weighted by Crippen LogP contribution is 2.32. The number of hydrogen-bond donors (Lipinski definition) is 2. The molecule has 6 heteroatoms. The smallest absolute Gasteiger partial charge is 0.242 e. The van der Waals surface area contributed by atoms with Gasteiger partial charge in [-0.05, 0) is 38.8 Å². The van der Waals surface area contributed by atoms with Crippen LogP contribution in [0.1, 0.15) is 26.7 Å². The van der Waals surface area contributed by atoms with Crippen molar-refractivity contribution in [3.63, 3.8) is 0 Å². The Morgan fingerprint density at radius 1 is 1.29 bits per heavy atom. The Kier molecular flexibility index (Phi) is 3.71. The van der Waals surface area contributed by atoms with E-state index in [1.807, 2.05) is 12.1 Å². The first kappa shape index (κ1) is 14.8. The van der Waals surface area contributed by atoms with E-state index in [2.05, 4.69) is 28.8 Å². The molecule has 2 fully saturated rings. The average molecular weight is 309 g/mol. The largest absolute Gasteiger partial charge is 0.363 e. The van der Waals surface area contributed by atoms with E-state index in [0.717, 1.165) is 38.2 Å². The number of nitrogens with one attached hydrogen (secondary N) is 2. The second-order valence-corrected chi connectivity index (χ2v) is 8.19. The molecule has 1 aliphatic heterocycles. The van der Waals surface area contributed by atoms with Gasteiger partial charge in [0.2, 0.25) is 10.0 Å². The molecular weight excluding hydrogens is 286 g/mol. The summed E-state index contributed by atoms with van der Waals surface area (Å²) < 4.78 is 28.0. The van der Waals surface area contributed by atoms with Crippen molar-refractivity contribution in [2.24, 2.45) is 0 Å². The number of benzene rings is 1. The number of hydrogen-bond acceptors (Lipinski definition) is 4. The Morgan fingerprint density at radius 3 is 2.67 bits per heavy atom. The molecule has 0 radical (unpaired) electrons. The molecule has 1 saturated heterocycles. The maximum absolute atomic E-state index is 12.6. The van der Waals surface area contributed by atoms with Crippen LogP contribution in [0.4, 0.5) is 5.69 Å². The van der Waals surface area contributed by atoms with E-state index in [-0.39, 0.29) is 11.6 Å². The maximum Gasteiger partial charge on any atom is 0.242 e.